The van der Waals surface area contributed by atoms with Gasteiger partial charge in [0.15, 0.2) is 11.5 Å². The molecule has 2 aliphatic heterocycles. The molecule has 1 amide bonds. The van der Waals surface area contributed by atoms with Gasteiger partial charge in [0.05, 0.1) is 24.1 Å². The number of ether oxygens (including phenoxy) is 2. The summed E-state index contributed by atoms with van der Waals surface area (Å²) >= 11 is 0. The second-order valence-corrected chi connectivity index (χ2v) is 8.97. The molecule has 3 aliphatic rings. The van der Waals surface area contributed by atoms with Crippen LogP contribution in [0.25, 0.3) is 0 Å². The summed E-state index contributed by atoms with van der Waals surface area (Å²) in [6.45, 7) is 4.84. The predicted molar refractivity (Wildman–Crippen MR) is 120 cm³/mol. The topological polar surface area (TPSA) is 68.7 Å². The fourth-order valence-corrected chi connectivity index (χ4v) is 5.12. The highest BCUT2D eigenvalue weighted by atomic mass is 16.5. The quantitative estimate of drug-likeness (QED) is 0.690. The maximum Gasteiger partial charge on any atom is 0.295 e. The molecule has 6 nitrogen and oxygen atoms in total. The predicted octanol–water partition coefficient (Wildman–Crippen LogP) is 4.62. The molecule has 6 heteroatoms. The van der Waals surface area contributed by atoms with E-state index in [0.717, 1.165) is 37.0 Å². The number of hydrogen-bond acceptors (Lipinski definition) is 5. The van der Waals surface area contributed by atoms with Crippen LogP contribution < -0.4 is 9.64 Å². The van der Waals surface area contributed by atoms with E-state index in [4.69, 9.17) is 9.47 Å². The highest BCUT2D eigenvalue weighted by Crippen LogP contribution is 2.48. The van der Waals surface area contributed by atoms with Crippen LogP contribution in [0.15, 0.2) is 60.0 Å². The first-order chi connectivity index (χ1) is 15.6. The molecule has 0 N–H and O–H groups in total. The standard InChI is InChI=1S/C26H28N2O4/c1-3-13-31-18-8-6-7-17(15-18)23-22-24(29)19-14-16(2)10-11-20(19)32-25(22)26(30)28(23)21-9-4-5-12-27-21/h4-9,12,15-16,19-20,23H,3,10-11,13-14H2,1-2H3. The Balaban J connectivity index is 1.61. The summed E-state index contributed by atoms with van der Waals surface area (Å²) in [5.74, 6) is 1.44. The number of fused-ring (bicyclic) bond motifs is 1. The van der Waals surface area contributed by atoms with E-state index in [2.05, 4.69) is 18.8 Å². The first-order valence-corrected chi connectivity index (χ1v) is 11.5. The third-order valence-corrected chi connectivity index (χ3v) is 6.65. The van der Waals surface area contributed by atoms with Gasteiger partial charge in [-0.05, 0) is 61.4 Å². The lowest BCUT2D eigenvalue weighted by molar-refractivity contribution is -0.132. The number of pyridine rings is 1. The Bertz CT molecular complexity index is 1060. The number of benzene rings is 1. The van der Waals surface area contributed by atoms with Crippen LogP contribution in [0.2, 0.25) is 0 Å². The van der Waals surface area contributed by atoms with E-state index in [-0.39, 0.29) is 29.5 Å². The van der Waals surface area contributed by atoms with Gasteiger partial charge in [0.1, 0.15) is 17.7 Å². The van der Waals surface area contributed by atoms with Crippen molar-refractivity contribution < 1.29 is 19.1 Å². The van der Waals surface area contributed by atoms with Crippen LogP contribution in [0, 0.1) is 11.8 Å². The Morgan fingerprint density at radius 2 is 2.03 bits per heavy atom. The number of ketones is 1. The van der Waals surface area contributed by atoms with Crippen molar-refractivity contribution in [1.29, 1.82) is 0 Å². The lowest BCUT2D eigenvalue weighted by Gasteiger charge is -2.37. The third kappa shape index (κ3) is 3.48. The van der Waals surface area contributed by atoms with Gasteiger partial charge in [0.25, 0.3) is 5.91 Å². The fraction of sp³-hybridized carbons (Fsp3) is 0.423. The summed E-state index contributed by atoms with van der Waals surface area (Å²) in [4.78, 5) is 33.4. The monoisotopic (exact) mass is 432 g/mol. The summed E-state index contributed by atoms with van der Waals surface area (Å²) in [7, 11) is 0. The van der Waals surface area contributed by atoms with Gasteiger partial charge in [-0.25, -0.2) is 4.98 Å². The third-order valence-electron chi connectivity index (χ3n) is 6.65. The molecular formula is C26H28N2O4. The normalized spacial score (nSPS) is 27.1. The zero-order valence-corrected chi connectivity index (χ0v) is 18.5. The molecule has 1 aliphatic carbocycles. The second kappa shape index (κ2) is 8.41. The smallest absolute Gasteiger partial charge is 0.295 e. The maximum absolute atomic E-state index is 13.8. The van der Waals surface area contributed by atoms with Crippen LogP contribution in [0.3, 0.4) is 0 Å². The van der Waals surface area contributed by atoms with Crippen LogP contribution in [-0.2, 0) is 14.3 Å². The Morgan fingerprint density at radius 1 is 1.16 bits per heavy atom. The van der Waals surface area contributed by atoms with Crippen molar-refractivity contribution in [2.24, 2.45) is 11.8 Å². The number of Topliss-reactive ketones (excluding diaryl/α,β-unsaturated/α-hetero) is 1. The summed E-state index contributed by atoms with van der Waals surface area (Å²) < 4.78 is 12.1. The van der Waals surface area contributed by atoms with Crippen molar-refractivity contribution >= 4 is 17.5 Å². The number of rotatable bonds is 5. The first kappa shape index (κ1) is 20.7. The fourth-order valence-electron chi connectivity index (χ4n) is 5.12. The molecule has 4 unspecified atom stereocenters. The number of hydrogen-bond donors (Lipinski definition) is 0. The van der Waals surface area contributed by atoms with E-state index in [9.17, 15) is 9.59 Å². The van der Waals surface area contributed by atoms with Gasteiger partial charge >= 0.3 is 0 Å². The maximum atomic E-state index is 13.8. The molecule has 4 atom stereocenters. The number of aromatic nitrogens is 1. The Kier molecular flexibility index (Phi) is 5.45. The molecule has 5 rings (SSSR count). The molecule has 1 aromatic carbocycles. The van der Waals surface area contributed by atoms with Crippen LogP contribution in [0.5, 0.6) is 5.75 Å². The highest BCUT2D eigenvalue weighted by Gasteiger charge is 2.53. The zero-order valence-electron chi connectivity index (χ0n) is 18.5. The van der Waals surface area contributed by atoms with Crippen molar-refractivity contribution in [3.05, 3.63) is 65.6 Å². The zero-order chi connectivity index (χ0) is 22.2. The van der Waals surface area contributed by atoms with Gasteiger partial charge in [0, 0.05) is 6.20 Å². The van der Waals surface area contributed by atoms with E-state index in [0.29, 0.717) is 23.9 Å². The van der Waals surface area contributed by atoms with Crippen LogP contribution in [0.1, 0.15) is 51.1 Å². The van der Waals surface area contributed by atoms with E-state index in [1.165, 1.54) is 0 Å². The molecule has 1 aromatic heterocycles. The van der Waals surface area contributed by atoms with Gasteiger partial charge in [-0.2, -0.15) is 0 Å². The van der Waals surface area contributed by atoms with Gasteiger partial charge < -0.3 is 9.47 Å². The minimum Gasteiger partial charge on any atom is -0.494 e. The minimum absolute atomic E-state index is 0.0412. The number of anilines is 1. The Morgan fingerprint density at radius 3 is 2.81 bits per heavy atom. The summed E-state index contributed by atoms with van der Waals surface area (Å²) in [6, 6.07) is 12.5. The molecule has 1 fully saturated rings. The van der Waals surface area contributed by atoms with Crippen molar-refractivity contribution in [1.82, 2.24) is 4.98 Å². The van der Waals surface area contributed by atoms with Crippen LogP contribution in [-0.4, -0.2) is 29.4 Å². The molecule has 32 heavy (non-hydrogen) atoms. The molecule has 166 valence electrons. The van der Waals surface area contributed by atoms with E-state index in [1.54, 1.807) is 17.2 Å². The average Bonchev–Trinajstić information content (AvgIpc) is 3.11. The Labute approximate surface area is 188 Å². The molecule has 1 saturated carbocycles. The van der Waals surface area contributed by atoms with E-state index in [1.807, 2.05) is 36.4 Å². The lowest BCUT2D eigenvalue weighted by Crippen LogP contribution is -2.41. The van der Waals surface area contributed by atoms with Gasteiger partial charge in [-0.3, -0.25) is 14.5 Å². The Hall–Kier alpha value is -3.15. The molecule has 0 bridgehead atoms. The number of nitrogens with zero attached hydrogens (tertiary/aromatic N) is 2. The van der Waals surface area contributed by atoms with Crippen molar-refractivity contribution in [3.63, 3.8) is 0 Å². The molecule has 2 aromatic rings. The summed E-state index contributed by atoms with van der Waals surface area (Å²) in [6.07, 6.45) is 4.94. The number of amides is 1. The minimum atomic E-state index is -0.580. The lowest BCUT2D eigenvalue weighted by atomic mass is 9.74. The molecule has 3 heterocycles. The van der Waals surface area contributed by atoms with Crippen molar-refractivity contribution in [2.45, 2.75) is 51.7 Å². The number of carbonyl (C=O) groups excluding carboxylic acids is 2. The van der Waals surface area contributed by atoms with Gasteiger partial charge in [-0.15, -0.1) is 0 Å². The molecular weight excluding hydrogens is 404 g/mol. The van der Waals surface area contributed by atoms with Gasteiger partial charge in [-0.1, -0.05) is 32.0 Å². The van der Waals surface area contributed by atoms with Gasteiger partial charge in [0.2, 0.25) is 0 Å². The molecule has 0 saturated heterocycles. The van der Waals surface area contributed by atoms with Crippen LogP contribution >= 0.6 is 0 Å². The van der Waals surface area contributed by atoms with E-state index < -0.39 is 6.04 Å². The molecule has 0 spiro atoms. The average molecular weight is 433 g/mol. The summed E-state index contributed by atoms with van der Waals surface area (Å²) in [5.41, 5.74) is 1.28. The second-order valence-electron chi connectivity index (χ2n) is 8.97. The summed E-state index contributed by atoms with van der Waals surface area (Å²) in [5, 5.41) is 0. The largest absolute Gasteiger partial charge is 0.494 e. The number of carbonyl (C=O) groups is 2. The SMILES string of the molecule is CCCOc1cccc(C2C3=C(OC4CCC(C)CC4C3=O)C(=O)N2c2ccccn2)c1. The van der Waals surface area contributed by atoms with Crippen molar-refractivity contribution in [2.75, 3.05) is 11.5 Å². The van der Waals surface area contributed by atoms with Crippen molar-refractivity contribution in [3.8, 4) is 5.75 Å². The molecule has 0 radical (unpaired) electrons. The first-order valence-electron chi connectivity index (χ1n) is 11.5. The highest BCUT2D eigenvalue weighted by molar-refractivity contribution is 6.17. The van der Waals surface area contributed by atoms with E-state index >= 15 is 0 Å². The van der Waals surface area contributed by atoms with Crippen LogP contribution in [0.4, 0.5) is 5.82 Å².